The summed E-state index contributed by atoms with van der Waals surface area (Å²) >= 11 is 0. The van der Waals surface area contributed by atoms with Crippen molar-refractivity contribution in [2.24, 2.45) is 0 Å². The highest BCUT2D eigenvalue weighted by Crippen LogP contribution is 2.10. The number of hydrogen-bond donors (Lipinski definition) is 2. The summed E-state index contributed by atoms with van der Waals surface area (Å²) in [6, 6.07) is 6.96. The van der Waals surface area contributed by atoms with Crippen molar-refractivity contribution >= 4 is 22.8 Å². The van der Waals surface area contributed by atoms with Crippen molar-refractivity contribution < 1.29 is 18.9 Å². The van der Waals surface area contributed by atoms with Gasteiger partial charge in [0.15, 0.2) is 0 Å². The fourth-order valence-corrected chi connectivity index (χ4v) is 3.24. The van der Waals surface area contributed by atoms with Crippen LogP contribution in [0.1, 0.15) is 11.1 Å². The summed E-state index contributed by atoms with van der Waals surface area (Å²) in [6.07, 6.45) is -0.0608. The lowest BCUT2D eigenvalue weighted by atomic mass is 10.0. The van der Waals surface area contributed by atoms with Gasteiger partial charge in [0.05, 0.1) is 6.42 Å². The van der Waals surface area contributed by atoms with E-state index in [1.807, 2.05) is 12.1 Å². The number of amides is 2. The second-order valence-corrected chi connectivity index (χ2v) is 6.53. The molecule has 7 heteroatoms. The van der Waals surface area contributed by atoms with Gasteiger partial charge >= 0.3 is 12.0 Å². The summed E-state index contributed by atoms with van der Waals surface area (Å²) in [5.41, 5.74) is 1.50. The molecule has 0 unspecified atom stereocenters. The number of rotatable bonds is 4. The second kappa shape index (κ2) is 7.21. The number of carboxylic acid groups (broad SMARTS) is 1. The van der Waals surface area contributed by atoms with Crippen molar-refractivity contribution in [1.29, 1.82) is 0 Å². The summed E-state index contributed by atoms with van der Waals surface area (Å²) < 4.78 is 11.3. The van der Waals surface area contributed by atoms with Crippen LogP contribution in [0.5, 0.6) is 0 Å². The molecular weight excluding hydrogens is 292 g/mol. The van der Waals surface area contributed by atoms with Crippen molar-refractivity contribution in [3.8, 4) is 0 Å². The van der Waals surface area contributed by atoms with Crippen LogP contribution < -0.4 is 5.32 Å². The van der Waals surface area contributed by atoms with Crippen LogP contribution in [0.25, 0.3) is 0 Å². The largest absolute Gasteiger partial charge is 0.481 e. The molecule has 1 fully saturated rings. The first-order chi connectivity index (χ1) is 10.1. The monoisotopic (exact) mass is 310 g/mol. The second-order valence-electron chi connectivity index (χ2n) is 4.83. The molecule has 0 radical (unpaired) electrons. The van der Waals surface area contributed by atoms with E-state index in [2.05, 4.69) is 5.32 Å². The number of benzene rings is 1. The molecule has 1 heterocycles. The van der Waals surface area contributed by atoms with Crippen molar-refractivity contribution in [2.75, 3.05) is 24.6 Å². The number of nitrogens with one attached hydrogen (secondary N) is 1. The molecule has 0 aliphatic carbocycles. The lowest BCUT2D eigenvalue weighted by Gasteiger charge is -2.26. The number of aliphatic carboxylic acids is 1. The van der Waals surface area contributed by atoms with Gasteiger partial charge in [-0.05, 0) is 11.1 Å². The van der Waals surface area contributed by atoms with Gasteiger partial charge in [0.25, 0.3) is 0 Å². The van der Waals surface area contributed by atoms with E-state index >= 15 is 0 Å². The number of carbonyl (C=O) groups is 2. The molecular formula is C14H18N2O4S. The molecule has 21 heavy (non-hydrogen) atoms. The number of urea groups is 1. The van der Waals surface area contributed by atoms with E-state index in [4.69, 9.17) is 5.11 Å². The highest BCUT2D eigenvalue weighted by atomic mass is 32.2. The topological polar surface area (TPSA) is 86.7 Å². The quantitative estimate of drug-likeness (QED) is 0.852. The standard InChI is InChI=1S/C14H18N2O4S/c17-13(18)9-11-3-1-2-4-12(11)10-15-14(19)16-5-7-21(20)8-6-16/h1-4H,5-10H2,(H,15,19)(H,17,18). The summed E-state index contributed by atoms with van der Waals surface area (Å²) in [7, 11) is -0.815. The van der Waals surface area contributed by atoms with Crippen molar-refractivity contribution in [1.82, 2.24) is 10.2 Å². The van der Waals surface area contributed by atoms with Gasteiger partial charge in [-0.15, -0.1) is 0 Å². The average Bonchev–Trinajstić information content (AvgIpc) is 2.46. The predicted molar refractivity (Wildman–Crippen MR) is 79.5 cm³/mol. The average molecular weight is 310 g/mol. The molecule has 1 aliphatic rings. The zero-order valence-electron chi connectivity index (χ0n) is 11.6. The molecule has 0 aromatic heterocycles. The summed E-state index contributed by atoms with van der Waals surface area (Å²) in [5.74, 6) is 0.138. The van der Waals surface area contributed by atoms with E-state index in [0.717, 1.165) is 5.56 Å². The number of carbonyl (C=O) groups excluding carboxylic acids is 1. The Kier molecular flexibility index (Phi) is 5.32. The Balaban J connectivity index is 1.92. The zero-order chi connectivity index (χ0) is 15.2. The van der Waals surface area contributed by atoms with Gasteiger partial charge < -0.3 is 15.3 Å². The Labute approximate surface area is 125 Å². The zero-order valence-corrected chi connectivity index (χ0v) is 12.4. The van der Waals surface area contributed by atoms with Crippen LogP contribution in [0.4, 0.5) is 4.79 Å². The molecule has 0 saturated carbocycles. The fraction of sp³-hybridized carbons (Fsp3) is 0.429. The van der Waals surface area contributed by atoms with Gasteiger partial charge in [0.1, 0.15) is 0 Å². The molecule has 2 N–H and O–H groups in total. The number of carboxylic acids is 1. The SMILES string of the molecule is O=C(O)Cc1ccccc1CNC(=O)N1CCS(=O)CC1. The van der Waals surface area contributed by atoms with Crippen molar-refractivity contribution in [3.05, 3.63) is 35.4 Å². The van der Waals surface area contributed by atoms with Gasteiger partial charge in [-0.2, -0.15) is 0 Å². The first-order valence-electron chi connectivity index (χ1n) is 6.72. The van der Waals surface area contributed by atoms with Gasteiger partial charge in [-0.3, -0.25) is 9.00 Å². The van der Waals surface area contributed by atoms with E-state index in [9.17, 15) is 13.8 Å². The van der Waals surface area contributed by atoms with Crippen LogP contribution in [0, 0.1) is 0 Å². The minimum Gasteiger partial charge on any atom is -0.481 e. The maximum absolute atomic E-state index is 12.0. The van der Waals surface area contributed by atoms with Gasteiger partial charge in [-0.25, -0.2) is 4.79 Å². The van der Waals surface area contributed by atoms with Crippen LogP contribution in [0.2, 0.25) is 0 Å². The molecule has 0 bridgehead atoms. The first-order valence-corrected chi connectivity index (χ1v) is 8.21. The highest BCUT2D eigenvalue weighted by molar-refractivity contribution is 7.85. The molecule has 1 aromatic rings. The van der Waals surface area contributed by atoms with E-state index < -0.39 is 16.8 Å². The van der Waals surface area contributed by atoms with Crippen LogP contribution in [0.3, 0.4) is 0 Å². The third kappa shape index (κ3) is 4.56. The molecule has 6 nitrogen and oxygen atoms in total. The molecule has 1 saturated heterocycles. The highest BCUT2D eigenvalue weighted by Gasteiger charge is 2.19. The minimum atomic E-state index is -0.896. The molecule has 0 atom stereocenters. The van der Waals surface area contributed by atoms with Crippen LogP contribution in [-0.4, -0.2) is 50.8 Å². The molecule has 114 valence electrons. The Bertz CT molecular complexity index is 552. The maximum Gasteiger partial charge on any atom is 0.317 e. The van der Waals surface area contributed by atoms with E-state index in [-0.39, 0.29) is 12.5 Å². The Hall–Kier alpha value is -1.89. The summed E-state index contributed by atoms with van der Waals surface area (Å²) in [5, 5.41) is 11.7. The normalized spacial score (nSPS) is 15.7. The van der Waals surface area contributed by atoms with Crippen molar-refractivity contribution in [2.45, 2.75) is 13.0 Å². The van der Waals surface area contributed by atoms with E-state index in [0.29, 0.717) is 36.7 Å². The lowest BCUT2D eigenvalue weighted by molar-refractivity contribution is -0.136. The van der Waals surface area contributed by atoms with Crippen LogP contribution in [0.15, 0.2) is 24.3 Å². The molecule has 2 rings (SSSR count). The Morgan fingerprint density at radius 2 is 1.81 bits per heavy atom. The Morgan fingerprint density at radius 3 is 2.43 bits per heavy atom. The molecule has 1 aliphatic heterocycles. The Morgan fingerprint density at radius 1 is 1.19 bits per heavy atom. The maximum atomic E-state index is 12.0. The molecule has 1 aromatic carbocycles. The number of nitrogens with zero attached hydrogens (tertiary/aromatic N) is 1. The van der Waals surface area contributed by atoms with Crippen LogP contribution in [-0.2, 0) is 28.6 Å². The minimum absolute atomic E-state index is 0.0608. The van der Waals surface area contributed by atoms with E-state index in [1.54, 1.807) is 17.0 Å². The molecule has 0 spiro atoms. The predicted octanol–water partition coefficient (Wildman–Crippen LogP) is 0.588. The van der Waals surface area contributed by atoms with Crippen molar-refractivity contribution in [3.63, 3.8) is 0 Å². The lowest BCUT2D eigenvalue weighted by Crippen LogP contribution is -2.46. The van der Waals surface area contributed by atoms with Gasteiger partial charge in [0, 0.05) is 41.9 Å². The number of hydrogen-bond acceptors (Lipinski definition) is 3. The fourth-order valence-electron chi connectivity index (χ4n) is 2.19. The van der Waals surface area contributed by atoms with Crippen LogP contribution >= 0.6 is 0 Å². The third-order valence-corrected chi connectivity index (χ3v) is 4.63. The third-order valence-electron chi connectivity index (χ3n) is 3.36. The first kappa shape index (κ1) is 15.5. The molecule has 2 amide bonds. The van der Waals surface area contributed by atoms with Gasteiger partial charge in [-0.1, -0.05) is 24.3 Å². The van der Waals surface area contributed by atoms with E-state index in [1.165, 1.54) is 0 Å². The smallest absolute Gasteiger partial charge is 0.317 e. The summed E-state index contributed by atoms with van der Waals surface area (Å²) in [4.78, 5) is 24.5. The summed E-state index contributed by atoms with van der Waals surface area (Å²) in [6.45, 7) is 1.28. The van der Waals surface area contributed by atoms with Gasteiger partial charge in [0.2, 0.25) is 0 Å².